The molecule has 0 spiro atoms. The molecule has 0 atom stereocenters. The Labute approximate surface area is 187 Å². The zero-order valence-corrected chi connectivity index (χ0v) is 18.6. The topological polar surface area (TPSA) is 92.8 Å². The standard InChI is InChI=1S/C22H25ClN2O5S/c23-19-11-10-18(31(28,29)25-12-6-1-2-7-13-25)15-20(19)24-21(26)16-30-22(27)14-17-8-4-3-5-9-17/h3-5,8-11,15H,1-2,6-7,12-14,16H2,(H,24,26). The molecule has 0 aromatic heterocycles. The first-order valence-corrected chi connectivity index (χ1v) is 12.0. The Morgan fingerprint density at radius 3 is 2.35 bits per heavy atom. The Hall–Kier alpha value is -2.42. The van der Waals surface area contributed by atoms with E-state index in [0.29, 0.717) is 13.1 Å². The highest BCUT2D eigenvalue weighted by atomic mass is 35.5. The number of amides is 1. The summed E-state index contributed by atoms with van der Waals surface area (Å²) in [6.45, 7) is 0.457. The maximum atomic E-state index is 13.0. The number of ether oxygens (including phenoxy) is 1. The molecule has 1 fully saturated rings. The molecule has 1 aliphatic rings. The smallest absolute Gasteiger partial charge is 0.310 e. The molecule has 1 N–H and O–H groups in total. The summed E-state index contributed by atoms with van der Waals surface area (Å²) in [4.78, 5) is 24.2. The predicted molar refractivity (Wildman–Crippen MR) is 118 cm³/mol. The van der Waals surface area contributed by atoms with Crippen LogP contribution in [0, 0.1) is 0 Å². The Morgan fingerprint density at radius 2 is 1.68 bits per heavy atom. The normalized spacial score (nSPS) is 15.1. The fourth-order valence-corrected chi connectivity index (χ4v) is 5.05. The average molecular weight is 465 g/mol. The van der Waals surface area contributed by atoms with Crippen molar-refractivity contribution in [2.75, 3.05) is 25.0 Å². The first kappa shape index (κ1) is 23.2. The molecule has 1 heterocycles. The van der Waals surface area contributed by atoms with Gasteiger partial charge < -0.3 is 10.1 Å². The van der Waals surface area contributed by atoms with Crippen LogP contribution >= 0.6 is 11.6 Å². The van der Waals surface area contributed by atoms with Crippen LogP contribution in [0.2, 0.25) is 5.02 Å². The van der Waals surface area contributed by atoms with E-state index in [0.717, 1.165) is 31.2 Å². The lowest BCUT2D eigenvalue weighted by atomic mass is 10.2. The van der Waals surface area contributed by atoms with E-state index in [4.69, 9.17) is 16.3 Å². The second-order valence-corrected chi connectivity index (χ2v) is 9.68. The summed E-state index contributed by atoms with van der Waals surface area (Å²) in [6, 6.07) is 13.2. The van der Waals surface area contributed by atoms with Gasteiger partial charge in [0.05, 0.1) is 22.0 Å². The van der Waals surface area contributed by atoms with Gasteiger partial charge in [0.1, 0.15) is 0 Å². The third kappa shape index (κ3) is 6.53. The number of anilines is 1. The minimum Gasteiger partial charge on any atom is -0.455 e. The summed E-state index contributed by atoms with van der Waals surface area (Å²) in [5.41, 5.74) is 0.934. The van der Waals surface area contributed by atoms with E-state index >= 15 is 0 Å². The molecular formula is C22H25ClN2O5S. The number of halogens is 1. The number of esters is 1. The number of carbonyl (C=O) groups is 2. The van der Waals surface area contributed by atoms with E-state index in [2.05, 4.69) is 5.32 Å². The van der Waals surface area contributed by atoms with Gasteiger partial charge in [-0.3, -0.25) is 9.59 Å². The van der Waals surface area contributed by atoms with E-state index in [1.165, 1.54) is 22.5 Å². The van der Waals surface area contributed by atoms with Gasteiger partial charge in [0.2, 0.25) is 10.0 Å². The summed E-state index contributed by atoms with van der Waals surface area (Å²) in [6.07, 6.45) is 3.72. The molecule has 31 heavy (non-hydrogen) atoms. The van der Waals surface area contributed by atoms with Crippen molar-refractivity contribution >= 4 is 39.2 Å². The van der Waals surface area contributed by atoms with Crippen LogP contribution in [0.1, 0.15) is 31.2 Å². The SMILES string of the molecule is O=C(COC(=O)Cc1ccccc1)Nc1cc(S(=O)(=O)N2CCCCCC2)ccc1Cl. The fourth-order valence-electron chi connectivity index (χ4n) is 3.34. The van der Waals surface area contributed by atoms with E-state index in [1.807, 2.05) is 18.2 Å². The fraction of sp³-hybridized carbons (Fsp3) is 0.364. The quantitative estimate of drug-likeness (QED) is 0.631. The number of rotatable bonds is 7. The monoisotopic (exact) mass is 464 g/mol. The summed E-state index contributed by atoms with van der Waals surface area (Å²) < 4.78 is 32.4. The van der Waals surface area contributed by atoms with Crippen LogP contribution in [-0.2, 0) is 30.8 Å². The van der Waals surface area contributed by atoms with Crippen LogP contribution in [0.4, 0.5) is 5.69 Å². The number of carbonyl (C=O) groups excluding carboxylic acids is 2. The Morgan fingerprint density at radius 1 is 1.00 bits per heavy atom. The third-order valence-electron chi connectivity index (χ3n) is 4.97. The molecule has 1 aliphatic heterocycles. The lowest BCUT2D eigenvalue weighted by Crippen LogP contribution is -2.32. The molecule has 9 heteroatoms. The first-order chi connectivity index (χ1) is 14.9. The van der Waals surface area contributed by atoms with Crippen LogP contribution in [0.5, 0.6) is 0 Å². The van der Waals surface area contributed by atoms with Crippen molar-refractivity contribution < 1.29 is 22.7 Å². The van der Waals surface area contributed by atoms with Crippen LogP contribution in [-0.4, -0.2) is 44.3 Å². The Kier molecular flexibility index (Phi) is 8.06. The van der Waals surface area contributed by atoms with Crippen molar-refractivity contribution in [3.8, 4) is 0 Å². The maximum Gasteiger partial charge on any atom is 0.310 e. The zero-order chi connectivity index (χ0) is 22.3. The molecule has 2 aromatic rings. The maximum absolute atomic E-state index is 13.0. The van der Waals surface area contributed by atoms with Gasteiger partial charge in [0, 0.05) is 13.1 Å². The minimum atomic E-state index is -3.68. The molecule has 0 aliphatic carbocycles. The Bertz CT molecular complexity index is 1020. The van der Waals surface area contributed by atoms with E-state index in [-0.39, 0.29) is 22.0 Å². The molecule has 0 bridgehead atoms. The first-order valence-electron chi connectivity index (χ1n) is 10.2. The van der Waals surface area contributed by atoms with Crippen molar-refractivity contribution in [3.05, 3.63) is 59.1 Å². The summed E-state index contributed by atoms with van der Waals surface area (Å²) >= 11 is 6.14. The van der Waals surface area contributed by atoms with E-state index in [9.17, 15) is 18.0 Å². The number of nitrogens with one attached hydrogen (secondary N) is 1. The van der Waals surface area contributed by atoms with Crippen molar-refractivity contribution in [2.45, 2.75) is 37.0 Å². The lowest BCUT2D eigenvalue weighted by Gasteiger charge is -2.20. The van der Waals surface area contributed by atoms with Crippen LogP contribution < -0.4 is 5.32 Å². The summed E-state index contributed by atoms with van der Waals surface area (Å²) in [5.74, 6) is -1.14. The van der Waals surface area contributed by atoms with E-state index in [1.54, 1.807) is 12.1 Å². The molecule has 3 rings (SSSR count). The van der Waals surface area contributed by atoms with Gasteiger partial charge in [-0.25, -0.2) is 8.42 Å². The van der Waals surface area contributed by atoms with Gasteiger partial charge in [-0.2, -0.15) is 4.31 Å². The van der Waals surface area contributed by atoms with Crippen LogP contribution in [0.25, 0.3) is 0 Å². The number of sulfonamides is 1. The number of hydrogen-bond acceptors (Lipinski definition) is 5. The molecular weight excluding hydrogens is 440 g/mol. The molecule has 0 unspecified atom stereocenters. The van der Waals surface area contributed by atoms with Gasteiger partial charge in [-0.15, -0.1) is 0 Å². The number of nitrogens with zero attached hydrogens (tertiary/aromatic N) is 1. The highest BCUT2D eigenvalue weighted by molar-refractivity contribution is 7.89. The molecule has 0 saturated carbocycles. The minimum absolute atomic E-state index is 0.0540. The number of benzene rings is 2. The molecule has 7 nitrogen and oxygen atoms in total. The van der Waals surface area contributed by atoms with Crippen LogP contribution in [0.3, 0.4) is 0 Å². The summed E-state index contributed by atoms with van der Waals surface area (Å²) in [5, 5.41) is 2.72. The highest BCUT2D eigenvalue weighted by Crippen LogP contribution is 2.28. The molecule has 1 amide bonds. The molecule has 2 aromatic carbocycles. The van der Waals surface area contributed by atoms with Gasteiger partial charge in [-0.1, -0.05) is 54.8 Å². The highest BCUT2D eigenvalue weighted by Gasteiger charge is 2.26. The van der Waals surface area contributed by atoms with Crippen LogP contribution in [0.15, 0.2) is 53.4 Å². The lowest BCUT2D eigenvalue weighted by molar-refractivity contribution is -0.146. The molecule has 0 radical (unpaired) electrons. The van der Waals surface area contributed by atoms with Crippen molar-refractivity contribution in [1.82, 2.24) is 4.31 Å². The van der Waals surface area contributed by atoms with Gasteiger partial charge in [-0.05, 0) is 36.6 Å². The Balaban J connectivity index is 1.62. The van der Waals surface area contributed by atoms with Crippen molar-refractivity contribution in [3.63, 3.8) is 0 Å². The zero-order valence-electron chi connectivity index (χ0n) is 17.1. The third-order valence-corrected chi connectivity index (χ3v) is 7.19. The number of hydrogen-bond donors (Lipinski definition) is 1. The molecule has 1 saturated heterocycles. The van der Waals surface area contributed by atoms with Gasteiger partial charge in [0.15, 0.2) is 6.61 Å². The summed E-state index contributed by atoms with van der Waals surface area (Å²) in [7, 11) is -3.68. The second kappa shape index (κ2) is 10.7. The van der Waals surface area contributed by atoms with Gasteiger partial charge in [0.25, 0.3) is 5.91 Å². The second-order valence-electron chi connectivity index (χ2n) is 7.33. The van der Waals surface area contributed by atoms with Crippen molar-refractivity contribution in [2.24, 2.45) is 0 Å². The largest absolute Gasteiger partial charge is 0.455 e. The molecule has 166 valence electrons. The van der Waals surface area contributed by atoms with Crippen molar-refractivity contribution in [1.29, 1.82) is 0 Å². The average Bonchev–Trinajstić information content (AvgIpc) is 3.05. The van der Waals surface area contributed by atoms with Gasteiger partial charge >= 0.3 is 5.97 Å². The van der Waals surface area contributed by atoms with E-state index < -0.39 is 28.5 Å². The predicted octanol–water partition coefficient (Wildman–Crippen LogP) is 3.63.